The Morgan fingerprint density at radius 3 is 2.18 bits per heavy atom. The fourth-order valence-corrected chi connectivity index (χ4v) is 8.69. The fourth-order valence-electron chi connectivity index (χ4n) is 7.45. The Labute approximate surface area is 300 Å². The molecule has 2 aromatic rings. The number of carbonyl (C=O) groups is 4. The Kier molecular flexibility index (Phi) is 12.1. The second-order valence-corrected chi connectivity index (χ2v) is 14.5. The molecule has 3 N–H and O–H groups in total. The second kappa shape index (κ2) is 16.1. The lowest BCUT2D eigenvalue weighted by Crippen LogP contribution is -2.53. The van der Waals surface area contributed by atoms with Crippen molar-refractivity contribution in [3.63, 3.8) is 0 Å². The van der Waals surface area contributed by atoms with Gasteiger partial charge in [-0.3, -0.25) is 14.5 Å². The Balaban J connectivity index is 1.36. The van der Waals surface area contributed by atoms with E-state index in [1.165, 1.54) is 23.5 Å². The zero-order valence-electron chi connectivity index (χ0n) is 27.8. The van der Waals surface area contributed by atoms with E-state index in [1.54, 1.807) is 17.2 Å². The molecule has 2 saturated heterocycles. The Morgan fingerprint density at radius 1 is 0.980 bits per heavy atom. The summed E-state index contributed by atoms with van der Waals surface area (Å²) in [6.45, 7) is 8.16. The highest BCUT2D eigenvalue weighted by atomic mass is 35.5. The van der Waals surface area contributed by atoms with E-state index >= 15 is 0 Å². The van der Waals surface area contributed by atoms with Gasteiger partial charge >= 0.3 is 11.9 Å². The highest BCUT2D eigenvalue weighted by molar-refractivity contribution is 7.09. The zero-order valence-corrected chi connectivity index (χ0v) is 30.2. The minimum absolute atomic E-state index is 0.117. The highest BCUT2D eigenvalue weighted by Crippen LogP contribution is 2.45. The molecule has 0 bridgehead atoms. The third-order valence-electron chi connectivity index (χ3n) is 10.3. The van der Waals surface area contributed by atoms with Gasteiger partial charge in [0.25, 0.3) is 0 Å². The molecular weight excluding hydrogens is 689 g/mol. The number of carboxylic acids is 2. The van der Waals surface area contributed by atoms with Gasteiger partial charge in [-0.1, -0.05) is 43.1 Å². The van der Waals surface area contributed by atoms with Gasteiger partial charge < -0.3 is 25.3 Å². The molecule has 0 spiro atoms. The molecule has 1 aromatic heterocycles. The van der Waals surface area contributed by atoms with Crippen LogP contribution >= 0.6 is 34.5 Å². The van der Waals surface area contributed by atoms with Gasteiger partial charge in [-0.25, -0.2) is 14.6 Å². The molecule has 14 heteroatoms. The number of dihydropyridines is 1. The number of nitrogens with one attached hydrogen (secondary N) is 1. The van der Waals surface area contributed by atoms with Crippen molar-refractivity contribution < 1.29 is 29.4 Å². The number of aryl methyl sites for hydroxylation is 1. The lowest BCUT2D eigenvalue weighted by atomic mass is 9.79. The van der Waals surface area contributed by atoms with E-state index in [-0.39, 0.29) is 68.3 Å². The molecule has 49 heavy (non-hydrogen) atoms. The van der Waals surface area contributed by atoms with Crippen LogP contribution < -0.4 is 5.32 Å². The van der Waals surface area contributed by atoms with Crippen molar-refractivity contribution in [1.29, 1.82) is 0 Å². The summed E-state index contributed by atoms with van der Waals surface area (Å²) >= 11 is 14.6. The Morgan fingerprint density at radius 2 is 1.63 bits per heavy atom. The summed E-state index contributed by atoms with van der Waals surface area (Å²) in [5.41, 5.74) is -0.0468. The summed E-state index contributed by atoms with van der Waals surface area (Å²) in [7, 11) is 0. The summed E-state index contributed by atoms with van der Waals surface area (Å²) in [6.07, 6.45) is 6.21. The standard InChI is InChI=1S/C35H43Cl2N5O6S/c1-3-35(4-2,42-14-6-9-27(42)43)12-15-40-16-18-41(19-17-40)28(44)21-25-31(34(47)48)32(29-22(36)7-5-8-23(29)37)30(33(45)46)24(39-25)10-11-26-38-13-20-49-26/h5,7-8,13,20,32,39H,3-4,6,9-12,14-19,21H2,1-2H3,(H,45,46)(H,47,48). The predicted molar refractivity (Wildman–Crippen MR) is 189 cm³/mol. The average molecular weight is 733 g/mol. The van der Waals surface area contributed by atoms with Crippen LogP contribution in [0.25, 0.3) is 0 Å². The van der Waals surface area contributed by atoms with E-state index in [0.717, 1.165) is 43.8 Å². The number of nitrogens with zero attached hydrogens (tertiary/aromatic N) is 4. The topological polar surface area (TPSA) is 143 Å². The minimum Gasteiger partial charge on any atom is -0.478 e. The quantitative estimate of drug-likeness (QED) is 0.228. The second-order valence-electron chi connectivity index (χ2n) is 12.7. The van der Waals surface area contributed by atoms with Gasteiger partial charge in [0.15, 0.2) is 0 Å². The summed E-state index contributed by atoms with van der Waals surface area (Å²) in [4.78, 5) is 62.6. The fraction of sp³-hybridized carbons (Fsp3) is 0.514. The molecule has 2 amide bonds. The Hall–Kier alpha value is -3.45. The van der Waals surface area contributed by atoms with Crippen molar-refractivity contribution in [3.8, 4) is 0 Å². The smallest absolute Gasteiger partial charge is 0.334 e. The van der Waals surface area contributed by atoms with Crippen LogP contribution in [-0.4, -0.2) is 98.5 Å². The number of amides is 2. The van der Waals surface area contributed by atoms with Gasteiger partial charge in [-0.2, -0.15) is 0 Å². The number of thiazole rings is 1. The van der Waals surface area contributed by atoms with Crippen LogP contribution in [0, 0.1) is 0 Å². The SMILES string of the molecule is CCC(CC)(CCN1CCN(C(=O)CC2=C(C(=O)O)C(c3c(Cl)cccc3Cl)C(C(=O)O)=C(CCc3nccs3)N2)CC1)N1CCCC1=O. The van der Waals surface area contributed by atoms with Gasteiger partial charge in [-0.15, -0.1) is 11.3 Å². The highest BCUT2D eigenvalue weighted by Gasteiger charge is 2.42. The van der Waals surface area contributed by atoms with Crippen LogP contribution in [0.5, 0.6) is 0 Å². The van der Waals surface area contributed by atoms with Crippen LogP contribution in [0.1, 0.15) is 75.3 Å². The van der Waals surface area contributed by atoms with Crippen molar-refractivity contribution in [1.82, 2.24) is 25.0 Å². The number of halogens is 2. The first-order valence-electron chi connectivity index (χ1n) is 16.8. The molecule has 0 saturated carbocycles. The van der Waals surface area contributed by atoms with Crippen molar-refractivity contribution >= 4 is 58.3 Å². The lowest BCUT2D eigenvalue weighted by Gasteiger charge is -2.43. The summed E-state index contributed by atoms with van der Waals surface area (Å²) in [6, 6.07) is 4.68. The van der Waals surface area contributed by atoms with E-state index in [2.05, 4.69) is 33.9 Å². The van der Waals surface area contributed by atoms with Crippen molar-refractivity contribution in [2.75, 3.05) is 39.3 Å². The van der Waals surface area contributed by atoms with Gasteiger partial charge in [0, 0.05) is 96.2 Å². The number of hydrogen-bond donors (Lipinski definition) is 3. The van der Waals surface area contributed by atoms with Crippen LogP contribution in [-0.2, 0) is 25.6 Å². The molecule has 0 aliphatic carbocycles. The summed E-state index contributed by atoms with van der Waals surface area (Å²) in [5.74, 6) is -4.02. The molecular formula is C35H43Cl2N5O6S. The number of aliphatic carboxylic acids is 2. The van der Waals surface area contributed by atoms with Crippen LogP contribution in [0.3, 0.4) is 0 Å². The third kappa shape index (κ3) is 7.98. The molecule has 1 aromatic carbocycles. The summed E-state index contributed by atoms with van der Waals surface area (Å²) in [5, 5.41) is 27.0. The number of allylic oxidation sites excluding steroid dienone is 1. The van der Waals surface area contributed by atoms with E-state index in [9.17, 15) is 29.4 Å². The molecule has 264 valence electrons. The minimum atomic E-state index is -1.37. The number of aromatic nitrogens is 1. The van der Waals surface area contributed by atoms with Gasteiger partial charge in [-0.05, 0) is 44.2 Å². The average Bonchev–Trinajstić information content (AvgIpc) is 3.76. The number of carbonyl (C=O) groups excluding carboxylic acids is 2. The van der Waals surface area contributed by atoms with Gasteiger partial charge in [0.05, 0.1) is 28.5 Å². The zero-order chi connectivity index (χ0) is 35.3. The van der Waals surface area contributed by atoms with E-state index < -0.39 is 17.9 Å². The van der Waals surface area contributed by atoms with Crippen LogP contribution in [0.2, 0.25) is 10.0 Å². The first-order valence-corrected chi connectivity index (χ1v) is 18.5. The monoisotopic (exact) mass is 731 g/mol. The van der Waals surface area contributed by atoms with Gasteiger partial charge in [0.1, 0.15) is 0 Å². The normalized spacial score (nSPS) is 19.1. The molecule has 2 fully saturated rings. The molecule has 3 aliphatic heterocycles. The van der Waals surface area contributed by atoms with Crippen molar-refractivity contribution in [2.45, 2.75) is 76.7 Å². The van der Waals surface area contributed by atoms with Crippen molar-refractivity contribution in [3.05, 3.63) is 72.9 Å². The molecule has 5 rings (SSSR count). The molecule has 4 heterocycles. The van der Waals surface area contributed by atoms with E-state index in [4.69, 9.17) is 23.2 Å². The maximum atomic E-state index is 13.8. The van der Waals surface area contributed by atoms with E-state index in [0.29, 0.717) is 39.0 Å². The van der Waals surface area contributed by atoms with Crippen LogP contribution in [0.4, 0.5) is 0 Å². The van der Waals surface area contributed by atoms with Crippen LogP contribution in [0.15, 0.2) is 52.3 Å². The number of benzene rings is 1. The number of rotatable bonds is 14. The predicted octanol–water partition coefficient (Wildman–Crippen LogP) is 5.55. The van der Waals surface area contributed by atoms with Gasteiger partial charge in [0.2, 0.25) is 11.8 Å². The van der Waals surface area contributed by atoms with E-state index in [1.807, 2.05) is 5.38 Å². The van der Waals surface area contributed by atoms with Crippen molar-refractivity contribution in [2.24, 2.45) is 0 Å². The number of likely N-dealkylation sites (tertiary alicyclic amines) is 1. The number of carboxylic acid groups (broad SMARTS) is 2. The number of piperazine rings is 1. The number of hydrogen-bond acceptors (Lipinski definition) is 8. The lowest BCUT2D eigenvalue weighted by molar-refractivity contribution is -0.135. The summed E-state index contributed by atoms with van der Waals surface area (Å²) < 4.78 is 0. The molecule has 1 atom stereocenters. The largest absolute Gasteiger partial charge is 0.478 e. The molecule has 3 aliphatic rings. The maximum absolute atomic E-state index is 13.8. The molecule has 11 nitrogen and oxygen atoms in total. The molecule has 1 unspecified atom stereocenters. The third-order valence-corrected chi connectivity index (χ3v) is 11.8. The molecule has 0 radical (unpaired) electrons. The first kappa shape index (κ1) is 36.8. The maximum Gasteiger partial charge on any atom is 0.334 e. The first-order chi connectivity index (χ1) is 23.5. The Bertz CT molecular complexity index is 1610.